The molecule has 0 atom stereocenters. The quantitative estimate of drug-likeness (QED) is 0.379. The Kier molecular flexibility index (Phi) is 3.77. The van der Waals surface area contributed by atoms with Crippen molar-refractivity contribution in [1.82, 2.24) is 9.97 Å². The average molecular weight is 120 g/mol. The maximum Gasteiger partial charge on any atom is 1.00 e. The first-order chi connectivity index (χ1) is 3.39. The Morgan fingerprint density at radius 1 is 1.38 bits per heavy atom. The predicted molar refractivity (Wildman–Crippen MR) is 24.8 cm³/mol. The normalized spacial score (nSPS) is 7.50. The van der Waals surface area contributed by atoms with Crippen LogP contribution in [0, 0.1) is 0 Å². The van der Waals surface area contributed by atoms with Gasteiger partial charge in [-0.1, -0.05) is 0 Å². The van der Waals surface area contributed by atoms with E-state index >= 15 is 0 Å². The summed E-state index contributed by atoms with van der Waals surface area (Å²) in [6.45, 7) is 0. The third-order valence-corrected chi connectivity index (χ3v) is 0.547. The smallest absolute Gasteiger partial charge is 1.00 e. The van der Waals surface area contributed by atoms with Crippen LogP contribution in [0.2, 0.25) is 0 Å². The minimum atomic E-state index is 0. The molecule has 1 aromatic heterocycles. The second-order valence-electron chi connectivity index (χ2n) is 1.10. The van der Waals surface area contributed by atoms with Gasteiger partial charge in [0.15, 0.2) is 5.75 Å². The fraction of sp³-hybridized carbons (Fsp3) is 0. The van der Waals surface area contributed by atoms with Crippen LogP contribution < -0.4 is 29.6 Å². The third-order valence-electron chi connectivity index (χ3n) is 0.547. The van der Waals surface area contributed by atoms with E-state index in [1.807, 2.05) is 0 Å². The Bertz CT molecular complexity index is 148. The Labute approximate surface area is 70.6 Å². The molecular weight excluding hydrogens is 115 g/mol. The Hall–Kier alpha value is -0.120. The maximum absolute atomic E-state index is 8.51. The van der Waals surface area contributed by atoms with E-state index in [4.69, 9.17) is 5.11 Å². The van der Waals surface area contributed by atoms with Gasteiger partial charge in [-0.25, -0.2) is 9.97 Å². The number of rotatable bonds is 0. The first-order valence-corrected chi connectivity index (χ1v) is 1.83. The number of aromatic nitrogens is 2. The molecule has 1 N–H and O–H groups in total. The summed E-state index contributed by atoms with van der Waals surface area (Å²) in [6, 6.07) is 0. The van der Waals surface area contributed by atoms with E-state index < -0.39 is 0 Å². The van der Waals surface area contributed by atoms with Crippen LogP contribution in [-0.2, 0) is 0 Å². The van der Waals surface area contributed by atoms with Crippen LogP contribution in [0.3, 0.4) is 0 Å². The molecule has 0 aliphatic heterocycles. The molecule has 0 aliphatic carbocycles. The van der Waals surface area contributed by atoms with E-state index in [-0.39, 0.29) is 36.7 Å². The number of hydrogen-bond acceptors (Lipinski definition) is 3. The van der Waals surface area contributed by atoms with Gasteiger partial charge in [0.05, 0.1) is 12.4 Å². The van der Waals surface area contributed by atoms with Crippen LogP contribution >= 0.6 is 0 Å². The van der Waals surface area contributed by atoms with Crippen molar-refractivity contribution in [2.45, 2.75) is 0 Å². The first-order valence-electron chi connectivity index (χ1n) is 1.83. The molecule has 38 valence electrons. The molecule has 0 saturated heterocycles. The second-order valence-corrected chi connectivity index (χ2v) is 1.10. The van der Waals surface area contributed by atoms with Gasteiger partial charge in [-0.2, -0.15) is 0 Å². The summed E-state index contributed by atoms with van der Waals surface area (Å²) in [5, 5.41) is 8.51. The van der Waals surface area contributed by atoms with Gasteiger partial charge in [0.25, 0.3) is 0 Å². The van der Waals surface area contributed by atoms with Gasteiger partial charge in [0.2, 0.25) is 0 Å². The van der Waals surface area contributed by atoms with Gasteiger partial charge in [-0.15, -0.1) is 0 Å². The minimum Gasteiger partial charge on any atom is -1.00 e. The van der Waals surface area contributed by atoms with Crippen LogP contribution in [-0.4, -0.2) is 15.1 Å². The molecule has 0 aromatic carbocycles. The van der Waals surface area contributed by atoms with Gasteiger partial charge < -0.3 is 6.53 Å². The van der Waals surface area contributed by atoms with Crippen molar-refractivity contribution in [3.8, 4) is 5.75 Å². The second kappa shape index (κ2) is 3.83. The maximum atomic E-state index is 8.51. The Morgan fingerprint density at radius 3 is 2.12 bits per heavy atom. The van der Waals surface area contributed by atoms with Crippen molar-refractivity contribution in [1.29, 1.82) is 0 Å². The summed E-state index contributed by atoms with van der Waals surface area (Å²) in [5.74, 6) is 0.0995. The molecule has 0 amide bonds. The minimum absolute atomic E-state index is 0. The molecule has 1 heterocycles. The van der Waals surface area contributed by atoms with Crippen LogP contribution in [0.1, 0.15) is 1.43 Å². The monoisotopic (exact) mass is 120 g/mol. The van der Waals surface area contributed by atoms with Gasteiger partial charge in [-0.3, -0.25) is 0 Å². The molecule has 1 rings (SSSR count). The molecule has 0 aliphatic rings. The van der Waals surface area contributed by atoms with Crippen LogP contribution in [0.25, 0.3) is 0 Å². The Balaban J connectivity index is 0. The van der Waals surface area contributed by atoms with Crippen molar-refractivity contribution in [2.24, 2.45) is 0 Å². The molecule has 4 heteroatoms. The zero-order chi connectivity index (χ0) is 5.11. The molecule has 0 unspecified atom stereocenters. The third kappa shape index (κ3) is 2.26. The SMILES string of the molecule is Oc1cncnc1.[H-].[Na+]. The van der Waals surface area contributed by atoms with Crippen LogP contribution in [0.15, 0.2) is 18.7 Å². The van der Waals surface area contributed by atoms with Crippen molar-refractivity contribution in [3.63, 3.8) is 0 Å². The van der Waals surface area contributed by atoms with Crippen LogP contribution in [0.5, 0.6) is 5.75 Å². The summed E-state index contributed by atoms with van der Waals surface area (Å²) in [4.78, 5) is 7.05. The first kappa shape index (κ1) is 7.88. The molecule has 0 bridgehead atoms. The molecule has 0 spiro atoms. The summed E-state index contributed by atoms with van der Waals surface area (Å²) >= 11 is 0. The molecule has 8 heavy (non-hydrogen) atoms. The fourth-order valence-corrected chi connectivity index (χ4v) is 0.291. The van der Waals surface area contributed by atoms with Crippen molar-refractivity contribution in [3.05, 3.63) is 18.7 Å². The molecule has 3 nitrogen and oxygen atoms in total. The van der Waals surface area contributed by atoms with E-state index in [1.165, 1.54) is 18.7 Å². The van der Waals surface area contributed by atoms with Gasteiger partial charge in [0.1, 0.15) is 6.33 Å². The topological polar surface area (TPSA) is 46.0 Å². The zero-order valence-electron chi connectivity index (χ0n) is 5.57. The summed E-state index contributed by atoms with van der Waals surface area (Å²) in [6.07, 6.45) is 4.01. The van der Waals surface area contributed by atoms with Crippen molar-refractivity contribution < 1.29 is 36.1 Å². The van der Waals surface area contributed by atoms with E-state index in [2.05, 4.69) is 9.97 Å². The van der Waals surface area contributed by atoms with E-state index in [0.29, 0.717) is 0 Å². The fourth-order valence-electron chi connectivity index (χ4n) is 0.291. The molecular formula is C4H5N2NaO. The van der Waals surface area contributed by atoms with Crippen molar-refractivity contribution in [2.75, 3.05) is 0 Å². The molecule has 1 aromatic rings. The van der Waals surface area contributed by atoms with E-state index in [9.17, 15) is 0 Å². The summed E-state index contributed by atoms with van der Waals surface area (Å²) in [5.41, 5.74) is 0. The van der Waals surface area contributed by atoms with E-state index in [0.717, 1.165) is 0 Å². The van der Waals surface area contributed by atoms with E-state index in [1.54, 1.807) is 0 Å². The number of nitrogens with zero attached hydrogens (tertiary/aromatic N) is 2. The largest absolute Gasteiger partial charge is 1.00 e. The molecule has 0 saturated carbocycles. The number of hydrogen-bond donors (Lipinski definition) is 1. The van der Waals surface area contributed by atoms with Crippen LogP contribution in [0.4, 0.5) is 0 Å². The van der Waals surface area contributed by atoms with Gasteiger partial charge in [0, 0.05) is 0 Å². The molecule has 0 radical (unpaired) electrons. The molecule has 0 fully saturated rings. The summed E-state index contributed by atoms with van der Waals surface area (Å²) < 4.78 is 0. The summed E-state index contributed by atoms with van der Waals surface area (Å²) in [7, 11) is 0. The van der Waals surface area contributed by atoms with Gasteiger partial charge >= 0.3 is 29.6 Å². The predicted octanol–water partition coefficient (Wildman–Crippen LogP) is -2.70. The number of aromatic hydroxyl groups is 1. The average Bonchev–Trinajstić information content (AvgIpc) is 1.69. The Morgan fingerprint density at radius 2 is 1.88 bits per heavy atom. The standard InChI is InChI=1S/C4H4N2O.Na.H/c7-4-1-5-3-6-2-4;;/h1-3,7H;;/q;+1;-1. The zero-order valence-corrected chi connectivity index (χ0v) is 6.57. The van der Waals surface area contributed by atoms with Gasteiger partial charge in [-0.05, 0) is 0 Å². The van der Waals surface area contributed by atoms with Crippen molar-refractivity contribution >= 4 is 0 Å².